The van der Waals surface area contributed by atoms with Crippen molar-refractivity contribution in [3.63, 3.8) is 0 Å². The lowest BCUT2D eigenvalue weighted by Crippen LogP contribution is -2.57. The van der Waals surface area contributed by atoms with Gasteiger partial charge in [-0.15, -0.1) is 0 Å². The summed E-state index contributed by atoms with van der Waals surface area (Å²) in [6.07, 6.45) is 2.72. The van der Waals surface area contributed by atoms with E-state index in [1.165, 1.54) is 19.4 Å². The van der Waals surface area contributed by atoms with Crippen molar-refractivity contribution in [1.82, 2.24) is 10.2 Å². The average Bonchev–Trinajstić information content (AvgIpc) is 2.48. The van der Waals surface area contributed by atoms with Crippen molar-refractivity contribution in [2.45, 2.75) is 25.8 Å². The summed E-state index contributed by atoms with van der Waals surface area (Å²) in [6.45, 7) is 8.78. The smallest absolute Gasteiger partial charge is 0.123 e. The molecule has 1 aromatic rings. The molecule has 0 radical (unpaired) electrons. The Hall–Kier alpha value is -1.13. The first-order valence-electron chi connectivity index (χ1n) is 8.23. The lowest BCUT2D eigenvalue weighted by atomic mass is 9.78. The van der Waals surface area contributed by atoms with E-state index in [9.17, 15) is 4.39 Å². The van der Waals surface area contributed by atoms with Crippen LogP contribution in [0.15, 0.2) is 24.3 Å². The monoisotopic (exact) mass is 291 g/mol. The van der Waals surface area contributed by atoms with E-state index in [-0.39, 0.29) is 5.82 Å². The molecule has 1 aliphatic heterocycles. The average molecular weight is 291 g/mol. The summed E-state index contributed by atoms with van der Waals surface area (Å²) in [5, 5.41) is 3.49. The molecule has 2 aliphatic rings. The second-order valence-corrected chi connectivity index (χ2v) is 6.21. The van der Waals surface area contributed by atoms with Crippen molar-refractivity contribution in [1.29, 1.82) is 0 Å². The Labute approximate surface area is 127 Å². The number of rotatable bonds is 5. The summed E-state index contributed by atoms with van der Waals surface area (Å²) in [7, 11) is 0. The third-order valence-electron chi connectivity index (χ3n) is 5.01. The third-order valence-corrected chi connectivity index (χ3v) is 5.01. The van der Waals surface area contributed by atoms with Crippen LogP contribution < -0.4 is 10.2 Å². The van der Waals surface area contributed by atoms with Gasteiger partial charge in [0.05, 0.1) is 0 Å². The minimum absolute atomic E-state index is 0.155. The van der Waals surface area contributed by atoms with Gasteiger partial charge < -0.3 is 10.2 Å². The largest absolute Gasteiger partial charge is 0.369 e. The van der Waals surface area contributed by atoms with Crippen LogP contribution in [0.25, 0.3) is 0 Å². The predicted molar refractivity (Wildman–Crippen MR) is 85.2 cm³/mol. The van der Waals surface area contributed by atoms with E-state index in [2.05, 4.69) is 22.0 Å². The second kappa shape index (κ2) is 6.75. The molecule has 21 heavy (non-hydrogen) atoms. The van der Waals surface area contributed by atoms with E-state index in [4.69, 9.17) is 0 Å². The van der Waals surface area contributed by atoms with Gasteiger partial charge in [0.15, 0.2) is 0 Å². The minimum Gasteiger partial charge on any atom is -0.369 e. The summed E-state index contributed by atoms with van der Waals surface area (Å²) >= 11 is 0. The predicted octanol–water partition coefficient (Wildman–Crippen LogP) is 2.34. The molecule has 3 nitrogen and oxygen atoms in total. The zero-order valence-corrected chi connectivity index (χ0v) is 12.9. The van der Waals surface area contributed by atoms with Crippen LogP contribution in [0.1, 0.15) is 19.8 Å². The first-order valence-corrected chi connectivity index (χ1v) is 8.23. The molecule has 0 amide bonds. The van der Waals surface area contributed by atoms with Gasteiger partial charge in [0.1, 0.15) is 5.82 Å². The van der Waals surface area contributed by atoms with Crippen molar-refractivity contribution in [2.75, 3.05) is 44.2 Å². The van der Waals surface area contributed by atoms with E-state index in [0.717, 1.165) is 50.4 Å². The second-order valence-electron chi connectivity index (χ2n) is 6.21. The topological polar surface area (TPSA) is 18.5 Å². The highest BCUT2D eigenvalue weighted by atomic mass is 19.1. The van der Waals surface area contributed by atoms with Crippen molar-refractivity contribution >= 4 is 5.69 Å². The fourth-order valence-corrected chi connectivity index (χ4v) is 3.56. The number of hydrogen-bond acceptors (Lipinski definition) is 3. The molecule has 1 aliphatic carbocycles. The van der Waals surface area contributed by atoms with Gasteiger partial charge in [-0.2, -0.15) is 0 Å². The van der Waals surface area contributed by atoms with Crippen molar-refractivity contribution < 1.29 is 4.39 Å². The van der Waals surface area contributed by atoms with Crippen molar-refractivity contribution in [3.05, 3.63) is 30.1 Å². The normalized spacial score (nSPS) is 26.7. The zero-order chi connectivity index (χ0) is 14.7. The molecule has 4 heteroatoms. The Morgan fingerprint density at radius 1 is 1.10 bits per heavy atom. The van der Waals surface area contributed by atoms with E-state index < -0.39 is 0 Å². The Kier molecular flexibility index (Phi) is 4.76. The van der Waals surface area contributed by atoms with E-state index in [1.807, 2.05) is 12.1 Å². The van der Waals surface area contributed by atoms with Gasteiger partial charge >= 0.3 is 0 Å². The van der Waals surface area contributed by atoms with Crippen LogP contribution in [0, 0.1) is 11.7 Å². The van der Waals surface area contributed by atoms with E-state index in [1.54, 1.807) is 12.1 Å². The van der Waals surface area contributed by atoms with Gasteiger partial charge in [0.2, 0.25) is 0 Å². The molecular weight excluding hydrogens is 265 g/mol. The summed E-state index contributed by atoms with van der Waals surface area (Å²) in [5.74, 6) is 0.681. The number of hydrogen-bond donors (Lipinski definition) is 1. The molecule has 0 spiro atoms. The highest BCUT2D eigenvalue weighted by molar-refractivity contribution is 5.46. The Bertz CT molecular complexity index is 440. The highest BCUT2D eigenvalue weighted by Gasteiger charge is 2.36. The van der Waals surface area contributed by atoms with Crippen LogP contribution in [0.3, 0.4) is 0 Å². The van der Waals surface area contributed by atoms with Crippen LogP contribution >= 0.6 is 0 Å². The third kappa shape index (κ3) is 3.38. The fourth-order valence-electron chi connectivity index (χ4n) is 3.56. The minimum atomic E-state index is -0.155. The molecule has 0 bridgehead atoms. The van der Waals surface area contributed by atoms with Crippen LogP contribution in [0.4, 0.5) is 10.1 Å². The molecule has 116 valence electrons. The number of nitrogens with one attached hydrogen (secondary N) is 1. The molecule has 1 saturated heterocycles. The van der Waals surface area contributed by atoms with E-state index >= 15 is 0 Å². The van der Waals surface area contributed by atoms with Gasteiger partial charge in [-0.3, -0.25) is 4.90 Å². The summed E-state index contributed by atoms with van der Waals surface area (Å²) < 4.78 is 13.0. The van der Waals surface area contributed by atoms with Crippen LogP contribution in [-0.4, -0.2) is 50.2 Å². The molecule has 2 unspecified atom stereocenters. The Balaban J connectivity index is 1.50. The van der Waals surface area contributed by atoms with Gasteiger partial charge in [0, 0.05) is 37.9 Å². The van der Waals surface area contributed by atoms with Crippen LogP contribution in [-0.2, 0) is 0 Å². The number of anilines is 1. The number of piperazine rings is 1. The molecule has 1 aromatic carbocycles. The maximum absolute atomic E-state index is 13.0. The van der Waals surface area contributed by atoms with Gasteiger partial charge in [-0.05, 0) is 56.1 Å². The lowest BCUT2D eigenvalue weighted by molar-refractivity contribution is 0.0575. The molecule has 2 atom stereocenters. The SMILES string of the molecule is CCNCC1CCC1N1CCN(c2ccc(F)cc2)CC1. The molecule has 2 fully saturated rings. The zero-order valence-electron chi connectivity index (χ0n) is 12.9. The highest BCUT2D eigenvalue weighted by Crippen LogP contribution is 2.32. The lowest BCUT2D eigenvalue weighted by Gasteiger charge is -2.48. The first kappa shape index (κ1) is 14.8. The van der Waals surface area contributed by atoms with Crippen molar-refractivity contribution in [3.8, 4) is 0 Å². The Morgan fingerprint density at radius 3 is 2.38 bits per heavy atom. The van der Waals surface area contributed by atoms with Crippen LogP contribution in [0.5, 0.6) is 0 Å². The quantitative estimate of drug-likeness (QED) is 0.898. The van der Waals surface area contributed by atoms with Crippen LogP contribution in [0.2, 0.25) is 0 Å². The van der Waals surface area contributed by atoms with Gasteiger partial charge in [-0.1, -0.05) is 6.92 Å². The molecule has 0 aromatic heterocycles. The van der Waals surface area contributed by atoms with Crippen molar-refractivity contribution in [2.24, 2.45) is 5.92 Å². The molecule has 1 saturated carbocycles. The number of halogens is 1. The maximum atomic E-state index is 13.0. The summed E-state index contributed by atoms with van der Waals surface area (Å²) in [6, 6.07) is 7.67. The fraction of sp³-hybridized carbons (Fsp3) is 0.647. The summed E-state index contributed by atoms with van der Waals surface area (Å²) in [5.41, 5.74) is 1.15. The summed E-state index contributed by atoms with van der Waals surface area (Å²) in [4.78, 5) is 5.03. The standard InChI is InChI=1S/C17H26FN3/c1-2-19-13-14-3-8-17(14)21-11-9-20(10-12-21)16-6-4-15(18)5-7-16/h4-7,14,17,19H,2-3,8-13H2,1H3. The van der Waals surface area contributed by atoms with Gasteiger partial charge in [0.25, 0.3) is 0 Å². The first-order chi connectivity index (χ1) is 10.3. The maximum Gasteiger partial charge on any atom is 0.123 e. The molecule has 3 rings (SSSR count). The molecule has 1 heterocycles. The Morgan fingerprint density at radius 2 is 1.81 bits per heavy atom. The molecular formula is C17H26FN3. The number of benzene rings is 1. The van der Waals surface area contributed by atoms with Gasteiger partial charge in [-0.25, -0.2) is 4.39 Å². The number of nitrogens with zero attached hydrogens (tertiary/aromatic N) is 2. The van der Waals surface area contributed by atoms with E-state index in [0.29, 0.717) is 0 Å². The molecule has 1 N–H and O–H groups in total.